The average molecular weight is 341 g/mol. The summed E-state index contributed by atoms with van der Waals surface area (Å²) in [4.78, 5) is 4.28. The van der Waals surface area contributed by atoms with E-state index >= 15 is 0 Å². The van der Waals surface area contributed by atoms with Gasteiger partial charge < -0.3 is 10.5 Å². The van der Waals surface area contributed by atoms with Crippen LogP contribution in [-0.4, -0.2) is 9.97 Å². The van der Waals surface area contributed by atoms with Crippen molar-refractivity contribution in [2.24, 2.45) is 5.73 Å². The highest BCUT2D eigenvalue weighted by Gasteiger charge is 2.12. The highest BCUT2D eigenvalue weighted by Crippen LogP contribution is 2.28. The Kier molecular flexibility index (Phi) is 4.11. The zero-order chi connectivity index (χ0) is 14.0. The summed E-state index contributed by atoms with van der Waals surface area (Å²) in [5, 5.41) is 0. The molecule has 6 heteroatoms. The van der Waals surface area contributed by atoms with Crippen LogP contribution in [0.1, 0.15) is 11.1 Å². The second-order valence-electron chi connectivity index (χ2n) is 3.88. The molecule has 3 nitrogen and oxygen atoms in total. The van der Waals surface area contributed by atoms with Crippen LogP contribution in [0.3, 0.4) is 0 Å². The summed E-state index contributed by atoms with van der Waals surface area (Å²) >= 11 is 8.18. The van der Waals surface area contributed by atoms with E-state index in [1.807, 2.05) is 6.92 Å². The van der Waals surface area contributed by atoms with Crippen LogP contribution in [0.2, 0.25) is 0 Å². The normalized spacial score (nSPS) is 10.3. The molecule has 0 aliphatic rings. The van der Waals surface area contributed by atoms with Gasteiger partial charge in [-0.3, -0.25) is 0 Å². The van der Waals surface area contributed by atoms with E-state index in [2.05, 4.69) is 20.9 Å². The Balaban J connectivity index is 2.43. The number of benzene rings is 1. The fourth-order valence-electron chi connectivity index (χ4n) is 1.61. The molecule has 1 aromatic heterocycles. The number of thiocarbonyl (C=S) groups is 1. The number of hydrogen-bond donors (Lipinski definition) is 1. The van der Waals surface area contributed by atoms with Crippen LogP contribution in [-0.2, 0) is 0 Å². The highest BCUT2D eigenvalue weighted by atomic mass is 79.9. The molecule has 0 unspecified atom stereocenters. The van der Waals surface area contributed by atoms with Gasteiger partial charge in [0.1, 0.15) is 16.6 Å². The lowest BCUT2D eigenvalue weighted by atomic mass is 10.1. The number of aryl methyl sites for hydroxylation is 1. The third kappa shape index (κ3) is 3.27. The molecule has 1 aromatic carbocycles. The van der Waals surface area contributed by atoms with E-state index in [4.69, 9.17) is 22.7 Å². The first-order valence-electron chi connectivity index (χ1n) is 5.36. The Morgan fingerprint density at radius 2 is 2.16 bits per heavy atom. The summed E-state index contributed by atoms with van der Waals surface area (Å²) in [6.45, 7) is 1.85. The molecular formula is C13H10BrFN2OS. The minimum absolute atomic E-state index is 0.191. The lowest BCUT2D eigenvalue weighted by Gasteiger charge is -2.11. The first kappa shape index (κ1) is 13.9. The van der Waals surface area contributed by atoms with Gasteiger partial charge in [-0.05, 0) is 30.7 Å². The fraction of sp³-hybridized carbons (Fsp3) is 0.0769. The van der Waals surface area contributed by atoms with Gasteiger partial charge in [-0.25, -0.2) is 9.37 Å². The quantitative estimate of drug-likeness (QED) is 0.865. The van der Waals surface area contributed by atoms with Crippen LogP contribution in [0.15, 0.2) is 34.9 Å². The van der Waals surface area contributed by atoms with Gasteiger partial charge in [0.15, 0.2) is 0 Å². The summed E-state index contributed by atoms with van der Waals surface area (Å²) in [5.74, 6) is 0.182. The van der Waals surface area contributed by atoms with Gasteiger partial charge in [-0.2, -0.15) is 0 Å². The molecular weight excluding hydrogens is 331 g/mol. The molecule has 2 N–H and O–H groups in total. The van der Waals surface area contributed by atoms with Crippen molar-refractivity contribution in [3.05, 3.63) is 51.9 Å². The topological polar surface area (TPSA) is 48.1 Å². The van der Waals surface area contributed by atoms with Crippen LogP contribution in [0.5, 0.6) is 11.6 Å². The molecule has 0 radical (unpaired) electrons. The van der Waals surface area contributed by atoms with Crippen LogP contribution < -0.4 is 10.5 Å². The van der Waals surface area contributed by atoms with E-state index in [-0.39, 0.29) is 10.9 Å². The lowest BCUT2D eigenvalue weighted by Crippen LogP contribution is -2.13. The molecule has 98 valence electrons. The Labute approximate surface area is 123 Å². The molecule has 0 aliphatic carbocycles. The van der Waals surface area contributed by atoms with Crippen molar-refractivity contribution >= 4 is 33.1 Å². The van der Waals surface area contributed by atoms with Crippen molar-refractivity contribution in [2.75, 3.05) is 0 Å². The van der Waals surface area contributed by atoms with Crippen LogP contribution >= 0.6 is 28.1 Å². The zero-order valence-corrected chi connectivity index (χ0v) is 12.4. The molecule has 19 heavy (non-hydrogen) atoms. The SMILES string of the molecule is Cc1ccnc(Oc2cc(F)cc(Br)c2)c1C(N)=S. The van der Waals surface area contributed by atoms with Crippen LogP contribution in [0.4, 0.5) is 4.39 Å². The molecule has 0 bridgehead atoms. The van der Waals surface area contributed by atoms with Gasteiger partial charge in [-0.1, -0.05) is 28.1 Å². The fourth-order valence-corrected chi connectivity index (χ4v) is 2.30. The molecule has 0 saturated heterocycles. The zero-order valence-electron chi connectivity index (χ0n) is 9.98. The van der Waals surface area contributed by atoms with Gasteiger partial charge in [0.2, 0.25) is 5.88 Å². The smallest absolute Gasteiger partial charge is 0.229 e. The molecule has 0 fully saturated rings. The second-order valence-corrected chi connectivity index (χ2v) is 5.23. The molecule has 0 saturated carbocycles. The van der Waals surface area contributed by atoms with Crippen molar-refractivity contribution in [3.8, 4) is 11.6 Å². The maximum Gasteiger partial charge on any atom is 0.229 e. The monoisotopic (exact) mass is 340 g/mol. The number of hydrogen-bond acceptors (Lipinski definition) is 3. The number of halogens is 2. The molecule has 0 amide bonds. The van der Waals surface area contributed by atoms with E-state index in [1.165, 1.54) is 12.1 Å². The Morgan fingerprint density at radius 3 is 2.79 bits per heavy atom. The maximum absolute atomic E-state index is 13.3. The average Bonchev–Trinajstić information content (AvgIpc) is 2.26. The Bertz CT molecular complexity index is 628. The second kappa shape index (κ2) is 5.63. The molecule has 2 aromatic rings. The molecule has 0 atom stereocenters. The minimum Gasteiger partial charge on any atom is -0.438 e. The van der Waals surface area contributed by atoms with Crippen molar-refractivity contribution in [1.29, 1.82) is 0 Å². The molecule has 0 aliphatic heterocycles. The van der Waals surface area contributed by atoms with Crippen LogP contribution in [0, 0.1) is 12.7 Å². The van der Waals surface area contributed by atoms with Gasteiger partial charge in [-0.15, -0.1) is 0 Å². The van der Waals surface area contributed by atoms with E-state index in [0.29, 0.717) is 15.8 Å². The standard InChI is InChI=1S/C13H10BrFN2OS/c1-7-2-3-17-13(11(7)12(16)19)18-10-5-8(14)4-9(15)6-10/h2-6H,1H3,(H2,16,19). The Morgan fingerprint density at radius 1 is 1.42 bits per heavy atom. The van der Waals surface area contributed by atoms with Gasteiger partial charge >= 0.3 is 0 Å². The summed E-state index contributed by atoms with van der Waals surface area (Å²) in [6, 6.07) is 6.02. The summed E-state index contributed by atoms with van der Waals surface area (Å²) < 4.78 is 19.4. The third-order valence-electron chi connectivity index (χ3n) is 2.42. The maximum atomic E-state index is 13.3. The van der Waals surface area contributed by atoms with E-state index in [0.717, 1.165) is 5.56 Å². The number of ether oxygens (including phenoxy) is 1. The first-order chi connectivity index (χ1) is 8.97. The van der Waals surface area contributed by atoms with Crippen molar-refractivity contribution in [2.45, 2.75) is 6.92 Å². The Hall–Kier alpha value is -1.53. The van der Waals surface area contributed by atoms with E-state index in [1.54, 1.807) is 18.3 Å². The van der Waals surface area contributed by atoms with Gasteiger partial charge in [0, 0.05) is 16.7 Å². The van der Waals surface area contributed by atoms with Crippen LogP contribution in [0.25, 0.3) is 0 Å². The molecule has 1 heterocycles. The van der Waals surface area contributed by atoms with Crippen molar-refractivity contribution in [3.63, 3.8) is 0 Å². The highest BCUT2D eigenvalue weighted by molar-refractivity contribution is 9.10. The lowest BCUT2D eigenvalue weighted by molar-refractivity contribution is 0.456. The largest absolute Gasteiger partial charge is 0.438 e. The van der Waals surface area contributed by atoms with Crippen molar-refractivity contribution < 1.29 is 9.13 Å². The number of aromatic nitrogens is 1. The molecule has 2 rings (SSSR count). The predicted molar refractivity (Wildman–Crippen MR) is 79.0 cm³/mol. The summed E-state index contributed by atoms with van der Waals surface area (Å²) in [7, 11) is 0. The summed E-state index contributed by atoms with van der Waals surface area (Å²) in [5.41, 5.74) is 7.07. The van der Waals surface area contributed by atoms with E-state index in [9.17, 15) is 4.39 Å². The third-order valence-corrected chi connectivity index (χ3v) is 3.08. The number of rotatable bonds is 3. The number of pyridine rings is 1. The van der Waals surface area contributed by atoms with Gasteiger partial charge in [0.05, 0.1) is 5.56 Å². The number of nitrogens with zero attached hydrogens (tertiary/aromatic N) is 1. The predicted octanol–water partition coefficient (Wildman–Crippen LogP) is 3.72. The van der Waals surface area contributed by atoms with Gasteiger partial charge in [0.25, 0.3) is 0 Å². The molecule has 0 spiro atoms. The van der Waals surface area contributed by atoms with Crippen molar-refractivity contribution in [1.82, 2.24) is 4.98 Å². The first-order valence-corrected chi connectivity index (χ1v) is 6.57. The minimum atomic E-state index is -0.408. The summed E-state index contributed by atoms with van der Waals surface area (Å²) in [6.07, 6.45) is 1.58. The van der Waals surface area contributed by atoms with E-state index < -0.39 is 5.82 Å². The number of nitrogens with two attached hydrogens (primary N) is 1.